The Hall–Kier alpha value is -0.410. The Bertz CT molecular complexity index is 246. The first-order chi connectivity index (χ1) is 7.66. The summed E-state index contributed by atoms with van der Waals surface area (Å²) in [6.45, 7) is 6.50. The van der Waals surface area contributed by atoms with Crippen molar-refractivity contribution in [2.24, 2.45) is 5.92 Å². The number of hydrogen-bond acceptors (Lipinski definition) is 3. The van der Waals surface area contributed by atoms with Gasteiger partial charge < -0.3 is 4.90 Å². The van der Waals surface area contributed by atoms with E-state index in [2.05, 4.69) is 16.8 Å². The van der Waals surface area contributed by atoms with Gasteiger partial charge in [0.05, 0.1) is 0 Å². The maximum atomic E-state index is 11.5. The van der Waals surface area contributed by atoms with Gasteiger partial charge in [0, 0.05) is 38.1 Å². The standard InChI is InChI=1S/C13H24N2O/c1-11(16)12-4-3-5-13(10-12)15-8-6-14(2)7-9-15/h12-13H,3-10H2,1-2H3/t12-,13+/m1/s1. The molecule has 0 radical (unpaired) electrons. The number of likely N-dealkylation sites (N-methyl/N-ethyl adjacent to an activating group) is 1. The van der Waals surface area contributed by atoms with Crippen LogP contribution in [0.25, 0.3) is 0 Å². The van der Waals surface area contributed by atoms with E-state index in [-0.39, 0.29) is 0 Å². The average molecular weight is 224 g/mol. The van der Waals surface area contributed by atoms with E-state index in [1.54, 1.807) is 6.92 Å². The van der Waals surface area contributed by atoms with Gasteiger partial charge in [-0.2, -0.15) is 0 Å². The molecule has 92 valence electrons. The predicted molar refractivity (Wildman–Crippen MR) is 65.5 cm³/mol. The summed E-state index contributed by atoms with van der Waals surface area (Å²) < 4.78 is 0. The summed E-state index contributed by atoms with van der Waals surface area (Å²) in [7, 11) is 2.19. The van der Waals surface area contributed by atoms with Crippen LogP contribution in [0.5, 0.6) is 0 Å². The summed E-state index contributed by atoms with van der Waals surface area (Å²) in [5.74, 6) is 0.747. The maximum Gasteiger partial charge on any atom is 0.132 e. The lowest BCUT2D eigenvalue weighted by molar-refractivity contribution is -0.122. The third-order valence-electron chi connectivity index (χ3n) is 4.28. The minimum atomic E-state index is 0.346. The zero-order chi connectivity index (χ0) is 11.5. The molecule has 1 saturated carbocycles. The molecule has 1 saturated heterocycles. The van der Waals surface area contributed by atoms with Gasteiger partial charge in [-0.3, -0.25) is 9.69 Å². The highest BCUT2D eigenvalue weighted by molar-refractivity contribution is 5.78. The molecule has 0 aromatic carbocycles. The molecule has 0 spiro atoms. The van der Waals surface area contributed by atoms with Crippen LogP contribution < -0.4 is 0 Å². The van der Waals surface area contributed by atoms with Crippen molar-refractivity contribution in [3.05, 3.63) is 0 Å². The van der Waals surface area contributed by atoms with Crippen LogP contribution in [0.3, 0.4) is 0 Å². The van der Waals surface area contributed by atoms with Crippen LogP contribution in [0.4, 0.5) is 0 Å². The van der Waals surface area contributed by atoms with E-state index in [1.165, 1.54) is 39.0 Å². The second-order valence-corrected chi connectivity index (χ2v) is 5.47. The lowest BCUT2D eigenvalue weighted by atomic mass is 9.82. The van der Waals surface area contributed by atoms with Crippen molar-refractivity contribution in [2.75, 3.05) is 33.2 Å². The largest absolute Gasteiger partial charge is 0.304 e. The van der Waals surface area contributed by atoms with Crippen LogP contribution >= 0.6 is 0 Å². The molecule has 3 nitrogen and oxygen atoms in total. The molecule has 2 aliphatic rings. The Kier molecular flexibility index (Phi) is 3.98. The maximum absolute atomic E-state index is 11.5. The van der Waals surface area contributed by atoms with Crippen LogP contribution in [0.15, 0.2) is 0 Å². The Morgan fingerprint density at radius 3 is 2.44 bits per heavy atom. The van der Waals surface area contributed by atoms with Gasteiger partial charge in [0.2, 0.25) is 0 Å². The van der Waals surface area contributed by atoms with Gasteiger partial charge >= 0.3 is 0 Å². The zero-order valence-corrected chi connectivity index (χ0v) is 10.6. The minimum Gasteiger partial charge on any atom is -0.304 e. The average Bonchev–Trinajstić information content (AvgIpc) is 2.30. The molecule has 0 aromatic heterocycles. The lowest BCUT2D eigenvalue weighted by Gasteiger charge is -2.41. The summed E-state index contributed by atoms with van der Waals surface area (Å²) in [5.41, 5.74) is 0. The first kappa shape index (κ1) is 12.1. The number of piperazine rings is 1. The molecule has 2 rings (SSSR count). The van der Waals surface area contributed by atoms with E-state index in [9.17, 15) is 4.79 Å². The van der Waals surface area contributed by atoms with Gasteiger partial charge in [-0.25, -0.2) is 0 Å². The van der Waals surface area contributed by atoms with Crippen LogP contribution in [0.2, 0.25) is 0 Å². The van der Waals surface area contributed by atoms with Crippen molar-refractivity contribution in [1.82, 2.24) is 9.80 Å². The van der Waals surface area contributed by atoms with Crippen LogP contribution in [0.1, 0.15) is 32.6 Å². The molecule has 0 amide bonds. The van der Waals surface area contributed by atoms with Crippen LogP contribution in [0, 0.1) is 5.92 Å². The molecule has 16 heavy (non-hydrogen) atoms. The zero-order valence-electron chi connectivity index (χ0n) is 10.6. The van der Waals surface area contributed by atoms with E-state index in [1.807, 2.05) is 0 Å². The number of hydrogen-bond donors (Lipinski definition) is 0. The number of nitrogens with zero attached hydrogens (tertiary/aromatic N) is 2. The fraction of sp³-hybridized carbons (Fsp3) is 0.923. The molecule has 2 fully saturated rings. The van der Waals surface area contributed by atoms with E-state index < -0.39 is 0 Å². The Morgan fingerprint density at radius 1 is 1.12 bits per heavy atom. The fourth-order valence-corrected chi connectivity index (χ4v) is 3.05. The number of carbonyl (C=O) groups excluding carboxylic acids is 1. The fourth-order valence-electron chi connectivity index (χ4n) is 3.05. The highest BCUT2D eigenvalue weighted by Crippen LogP contribution is 2.28. The molecule has 2 atom stereocenters. The van der Waals surface area contributed by atoms with Gasteiger partial charge in [-0.1, -0.05) is 6.42 Å². The molecule has 1 heterocycles. The molecule has 0 bridgehead atoms. The molecular weight excluding hydrogens is 200 g/mol. The van der Waals surface area contributed by atoms with Gasteiger partial charge in [-0.05, 0) is 33.2 Å². The highest BCUT2D eigenvalue weighted by atomic mass is 16.1. The van der Waals surface area contributed by atoms with Crippen molar-refractivity contribution < 1.29 is 4.79 Å². The number of carbonyl (C=O) groups is 1. The SMILES string of the molecule is CC(=O)[C@@H]1CCC[C@H](N2CCN(C)CC2)C1. The second-order valence-electron chi connectivity index (χ2n) is 5.47. The Balaban J connectivity index is 1.87. The van der Waals surface area contributed by atoms with Crippen molar-refractivity contribution in [1.29, 1.82) is 0 Å². The van der Waals surface area contributed by atoms with Crippen LogP contribution in [-0.2, 0) is 4.79 Å². The lowest BCUT2D eigenvalue weighted by Crippen LogP contribution is -2.50. The molecule has 1 aliphatic heterocycles. The molecule has 0 unspecified atom stereocenters. The van der Waals surface area contributed by atoms with Crippen molar-refractivity contribution >= 4 is 5.78 Å². The molecule has 1 aliphatic carbocycles. The third-order valence-corrected chi connectivity index (χ3v) is 4.28. The van der Waals surface area contributed by atoms with Crippen molar-refractivity contribution in [3.8, 4) is 0 Å². The smallest absolute Gasteiger partial charge is 0.132 e. The molecule has 3 heteroatoms. The van der Waals surface area contributed by atoms with E-state index in [4.69, 9.17) is 0 Å². The van der Waals surface area contributed by atoms with Gasteiger partial charge in [0.25, 0.3) is 0 Å². The van der Waals surface area contributed by atoms with Gasteiger partial charge in [0.1, 0.15) is 5.78 Å². The van der Waals surface area contributed by atoms with E-state index >= 15 is 0 Å². The number of Topliss-reactive ketones (excluding diaryl/α,β-unsaturated/α-hetero) is 1. The molecule has 0 aromatic rings. The first-order valence-electron chi connectivity index (χ1n) is 6.60. The van der Waals surface area contributed by atoms with Crippen molar-refractivity contribution in [2.45, 2.75) is 38.6 Å². The summed E-state index contributed by atoms with van der Waals surface area (Å²) in [6, 6.07) is 0.677. The Labute approximate surface area is 98.8 Å². The molecule has 0 N–H and O–H groups in total. The monoisotopic (exact) mass is 224 g/mol. The second kappa shape index (κ2) is 5.28. The van der Waals surface area contributed by atoms with E-state index in [0.717, 1.165) is 12.8 Å². The summed E-state index contributed by atoms with van der Waals surface area (Å²) in [4.78, 5) is 16.4. The Morgan fingerprint density at radius 2 is 1.81 bits per heavy atom. The first-order valence-corrected chi connectivity index (χ1v) is 6.60. The minimum absolute atomic E-state index is 0.346. The molecular formula is C13H24N2O. The normalized spacial score (nSPS) is 33.9. The van der Waals surface area contributed by atoms with Crippen LogP contribution in [-0.4, -0.2) is 54.9 Å². The summed E-state index contributed by atoms with van der Waals surface area (Å²) in [5, 5.41) is 0. The van der Waals surface area contributed by atoms with E-state index in [0.29, 0.717) is 17.7 Å². The topological polar surface area (TPSA) is 23.6 Å². The quantitative estimate of drug-likeness (QED) is 0.708. The predicted octanol–water partition coefficient (Wildman–Crippen LogP) is 1.38. The third kappa shape index (κ3) is 2.83. The number of rotatable bonds is 2. The summed E-state index contributed by atoms with van der Waals surface area (Å²) in [6.07, 6.45) is 4.77. The van der Waals surface area contributed by atoms with Gasteiger partial charge in [-0.15, -0.1) is 0 Å². The summed E-state index contributed by atoms with van der Waals surface area (Å²) >= 11 is 0. The van der Waals surface area contributed by atoms with Gasteiger partial charge in [0.15, 0.2) is 0 Å². The van der Waals surface area contributed by atoms with Crippen molar-refractivity contribution in [3.63, 3.8) is 0 Å². The highest BCUT2D eigenvalue weighted by Gasteiger charge is 2.29. The number of ketones is 1.